The average molecular weight is 286 g/mol. The number of para-hydroxylation sites is 1. The Labute approximate surface area is 115 Å². The third kappa shape index (κ3) is 2.89. The molecule has 6 heteroatoms. The minimum Gasteiger partial charge on any atom is -0.398 e. The lowest BCUT2D eigenvalue weighted by molar-refractivity contribution is -0.136. The van der Waals surface area contributed by atoms with E-state index in [9.17, 15) is 18.0 Å². The van der Waals surface area contributed by atoms with Gasteiger partial charge in [-0.2, -0.15) is 13.2 Å². The summed E-state index contributed by atoms with van der Waals surface area (Å²) in [6, 6.07) is 3.44. The van der Waals surface area contributed by atoms with Crippen molar-refractivity contribution in [2.24, 2.45) is 5.92 Å². The van der Waals surface area contributed by atoms with Gasteiger partial charge in [-0.1, -0.05) is 12.5 Å². The van der Waals surface area contributed by atoms with E-state index in [0.29, 0.717) is 12.5 Å². The maximum Gasteiger partial charge on any atom is 0.418 e. The van der Waals surface area contributed by atoms with Crippen LogP contribution in [0.5, 0.6) is 0 Å². The van der Waals surface area contributed by atoms with Gasteiger partial charge in [0.1, 0.15) is 0 Å². The maximum absolute atomic E-state index is 12.8. The van der Waals surface area contributed by atoms with Gasteiger partial charge in [0.2, 0.25) is 0 Å². The van der Waals surface area contributed by atoms with Gasteiger partial charge in [-0.05, 0) is 30.9 Å². The van der Waals surface area contributed by atoms with Crippen LogP contribution in [0.1, 0.15) is 35.2 Å². The van der Waals surface area contributed by atoms with E-state index in [-0.39, 0.29) is 5.56 Å². The van der Waals surface area contributed by atoms with Gasteiger partial charge in [-0.25, -0.2) is 0 Å². The normalized spacial score (nSPS) is 15.8. The van der Waals surface area contributed by atoms with E-state index in [1.54, 1.807) is 7.05 Å². The molecule has 1 aromatic rings. The lowest BCUT2D eigenvalue weighted by Gasteiger charge is -2.30. The van der Waals surface area contributed by atoms with Gasteiger partial charge in [-0.15, -0.1) is 0 Å². The highest BCUT2D eigenvalue weighted by Crippen LogP contribution is 2.35. The second-order valence-electron chi connectivity index (χ2n) is 5.25. The molecule has 0 spiro atoms. The molecule has 0 heterocycles. The van der Waals surface area contributed by atoms with Gasteiger partial charge >= 0.3 is 6.18 Å². The number of halogens is 3. The number of nitrogens with zero attached hydrogens (tertiary/aromatic N) is 1. The van der Waals surface area contributed by atoms with Crippen LogP contribution in [0.25, 0.3) is 0 Å². The summed E-state index contributed by atoms with van der Waals surface area (Å²) in [6.07, 6.45) is -1.27. The summed E-state index contributed by atoms with van der Waals surface area (Å²) in [5.74, 6) is -0.00327. The monoisotopic (exact) mass is 286 g/mol. The Morgan fingerprint density at radius 1 is 1.40 bits per heavy atom. The Kier molecular flexibility index (Phi) is 3.92. The van der Waals surface area contributed by atoms with Crippen LogP contribution in [0.4, 0.5) is 18.9 Å². The van der Waals surface area contributed by atoms with Crippen molar-refractivity contribution >= 4 is 11.6 Å². The van der Waals surface area contributed by atoms with Crippen molar-refractivity contribution in [3.8, 4) is 0 Å². The third-order valence-corrected chi connectivity index (χ3v) is 3.75. The zero-order valence-electron chi connectivity index (χ0n) is 11.2. The lowest BCUT2D eigenvalue weighted by Crippen LogP contribution is -2.34. The number of carbonyl (C=O) groups excluding carboxylic acids is 1. The Morgan fingerprint density at radius 3 is 2.55 bits per heavy atom. The molecule has 2 rings (SSSR count). The van der Waals surface area contributed by atoms with Gasteiger partial charge in [0.25, 0.3) is 5.91 Å². The van der Waals surface area contributed by atoms with Crippen molar-refractivity contribution in [1.82, 2.24) is 4.90 Å². The highest BCUT2D eigenvalue weighted by Gasteiger charge is 2.34. The molecule has 1 fully saturated rings. The molecule has 0 radical (unpaired) electrons. The predicted molar refractivity (Wildman–Crippen MR) is 70.2 cm³/mol. The van der Waals surface area contributed by atoms with Crippen molar-refractivity contribution in [2.75, 3.05) is 19.3 Å². The highest BCUT2D eigenvalue weighted by atomic mass is 19.4. The SMILES string of the molecule is CN(CC1CCC1)C(=O)c1cccc(C(F)(F)F)c1N. The molecule has 0 aliphatic heterocycles. The van der Waals surface area contributed by atoms with E-state index < -0.39 is 23.3 Å². The first-order valence-electron chi connectivity index (χ1n) is 6.52. The predicted octanol–water partition coefficient (Wildman–Crippen LogP) is 3.16. The van der Waals surface area contributed by atoms with Crippen LogP contribution in [0, 0.1) is 5.92 Å². The van der Waals surface area contributed by atoms with Crippen molar-refractivity contribution in [3.63, 3.8) is 0 Å². The number of amides is 1. The van der Waals surface area contributed by atoms with Crippen LogP contribution in [0.2, 0.25) is 0 Å². The molecule has 1 aliphatic rings. The zero-order chi connectivity index (χ0) is 14.9. The number of alkyl halides is 3. The minimum absolute atomic E-state index is 0.0818. The standard InChI is InChI=1S/C14H17F3N2O/c1-19(8-9-4-2-5-9)13(20)10-6-3-7-11(12(10)18)14(15,16)17/h3,6-7,9H,2,4-5,8,18H2,1H3. The van der Waals surface area contributed by atoms with Crippen LogP contribution in [-0.2, 0) is 6.18 Å². The first kappa shape index (κ1) is 14.7. The maximum atomic E-state index is 12.8. The topological polar surface area (TPSA) is 46.3 Å². The number of benzene rings is 1. The molecule has 2 N–H and O–H groups in total. The number of rotatable bonds is 3. The van der Waals surface area contributed by atoms with E-state index in [1.165, 1.54) is 17.0 Å². The molecule has 1 amide bonds. The lowest BCUT2D eigenvalue weighted by atomic mass is 9.85. The first-order chi connectivity index (χ1) is 9.30. The fourth-order valence-electron chi connectivity index (χ4n) is 2.35. The molecule has 3 nitrogen and oxygen atoms in total. The summed E-state index contributed by atoms with van der Waals surface area (Å²) in [5, 5.41) is 0. The van der Waals surface area contributed by atoms with Crippen molar-refractivity contribution < 1.29 is 18.0 Å². The highest BCUT2D eigenvalue weighted by molar-refractivity contribution is 5.99. The number of anilines is 1. The molecule has 0 saturated heterocycles. The molecule has 1 aliphatic carbocycles. The van der Waals surface area contributed by atoms with E-state index in [4.69, 9.17) is 5.73 Å². The van der Waals surface area contributed by atoms with Gasteiger partial charge in [0.15, 0.2) is 0 Å². The number of hydrogen-bond donors (Lipinski definition) is 1. The molecule has 0 bridgehead atoms. The Morgan fingerprint density at radius 2 is 2.05 bits per heavy atom. The van der Waals surface area contributed by atoms with Crippen molar-refractivity contribution in [2.45, 2.75) is 25.4 Å². The Hall–Kier alpha value is -1.72. The van der Waals surface area contributed by atoms with Gasteiger partial charge < -0.3 is 10.6 Å². The minimum atomic E-state index is -4.55. The molecular weight excluding hydrogens is 269 g/mol. The molecule has 1 saturated carbocycles. The van der Waals surface area contributed by atoms with Gasteiger partial charge in [0, 0.05) is 13.6 Å². The molecular formula is C14H17F3N2O. The Bertz CT molecular complexity index is 510. The first-order valence-corrected chi connectivity index (χ1v) is 6.52. The molecule has 110 valence electrons. The fourth-order valence-corrected chi connectivity index (χ4v) is 2.35. The number of nitrogen functional groups attached to an aromatic ring is 1. The van der Waals surface area contributed by atoms with E-state index in [1.807, 2.05) is 0 Å². The summed E-state index contributed by atoms with van der Waals surface area (Å²) in [6.45, 7) is 0.564. The molecule has 0 atom stereocenters. The van der Waals surface area contributed by atoms with Crippen LogP contribution in [0.3, 0.4) is 0 Å². The summed E-state index contributed by atoms with van der Waals surface area (Å²) in [7, 11) is 1.60. The van der Waals surface area contributed by atoms with Crippen molar-refractivity contribution in [1.29, 1.82) is 0 Å². The molecule has 20 heavy (non-hydrogen) atoms. The number of nitrogens with two attached hydrogens (primary N) is 1. The largest absolute Gasteiger partial charge is 0.418 e. The van der Waals surface area contributed by atoms with Crippen LogP contribution in [0.15, 0.2) is 18.2 Å². The summed E-state index contributed by atoms with van der Waals surface area (Å²) >= 11 is 0. The fraction of sp³-hybridized carbons (Fsp3) is 0.500. The van der Waals surface area contributed by atoms with Crippen molar-refractivity contribution in [3.05, 3.63) is 29.3 Å². The van der Waals surface area contributed by atoms with Gasteiger partial charge in [-0.3, -0.25) is 4.79 Å². The Balaban J connectivity index is 2.21. The van der Waals surface area contributed by atoms with E-state index >= 15 is 0 Å². The van der Waals surface area contributed by atoms with E-state index in [2.05, 4.69) is 0 Å². The quantitative estimate of drug-likeness (QED) is 0.868. The molecule has 0 unspecified atom stereocenters. The smallest absolute Gasteiger partial charge is 0.398 e. The average Bonchev–Trinajstić information content (AvgIpc) is 2.31. The molecule has 1 aromatic carbocycles. The number of hydrogen-bond acceptors (Lipinski definition) is 2. The molecule has 0 aromatic heterocycles. The second-order valence-corrected chi connectivity index (χ2v) is 5.25. The third-order valence-electron chi connectivity index (χ3n) is 3.75. The number of carbonyl (C=O) groups is 1. The summed E-state index contributed by atoms with van der Waals surface area (Å²) in [4.78, 5) is 13.7. The second kappa shape index (κ2) is 5.34. The van der Waals surface area contributed by atoms with Gasteiger partial charge in [0.05, 0.1) is 16.8 Å². The zero-order valence-corrected chi connectivity index (χ0v) is 11.2. The summed E-state index contributed by atoms with van der Waals surface area (Å²) in [5.41, 5.74) is 3.98. The van der Waals surface area contributed by atoms with Crippen LogP contribution in [-0.4, -0.2) is 24.4 Å². The van der Waals surface area contributed by atoms with E-state index in [0.717, 1.165) is 25.3 Å². The summed E-state index contributed by atoms with van der Waals surface area (Å²) < 4.78 is 38.3. The van der Waals surface area contributed by atoms with Crippen LogP contribution >= 0.6 is 0 Å². The van der Waals surface area contributed by atoms with Crippen LogP contribution < -0.4 is 5.73 Å².